The van der Waals surface area contributed by atoms with Crippen LogP contribution in [-0.4, -0.2) is 37.4 Å². The minimum Gasteiger partial charge on any atom is -0.493 e. The number of rotatable bonds is 8. The van der Waals surface area contributed by atoms with E-state index >= 15 is 0 Å². The second kappa shape index (κ2) is 8.99. The van der Waals surface area contributed by atoms with Crippen LogP contribution in [0.2, 0.25) is 0 Å². The van der Waals surface area contributed by atoms with Gasteiger partial charge in [-0.3, -0.25) is 9.89 Å². The topological polar surface area (TPSA) is 85.5 Å². The Kier molecular flexibility index (Phi) is 6.44. The Morgan fingerprint density at radius 3 is 2.32 bits per heavy atom. The van der Waals surface area contributed by atoms with Gasteiger partial charge in [0.15, 0.2) is 11.5 Å². The summed E-state index contributed by atoms with van der Waals surface area (Å²) < 4.78 is 16.3. The van der Waals surface area contributed by atoms with Crippen molar-refractivity contribution in [2.24, 2.45) is 5.92 Å². The number of methoxy groups -OCH3 is 3. The summed E-state index contributed by atoms with van der Waals surface area (Å²) in [5.41, 5.74) is 3.06. The number of aromatic nitrogens is 2. The largest absolute Gasteiger partial charge is 0.493 e. The number of hydrogen-bond donors (Lipinski definition) is 2. The summed E-state index contributed by atoms with van der Waals surface area (Å²) in [6, 6.07) is 3.67. The van der Waals surface area contributed by atoms with Crippen LogP contribution in [0.15, 0.2) is 12.1 Å². The molecule has 1 aromatic heterocycles. The first-order valence-electron chi connectivity index (χ1n) is 9.78. The highest BCUT2D eigenvalue weighted by Gasteiger charge is 2.23. The molecule has 1 aliphatic carbocycles. The van der Waals surface area contributed by atoms with Gasteiger partial charge in [-0.15, -0.1) is 0 Å². The highest BCUT2D eigenvalue weighted by Crippen LogP contribution is 2.42. The summed E-state index contributed by atoms with van der Waals surface area (Å²) in [5, 5.41) is 10.6. The van der Waals surface area contributed by atoms with Gasteiger partial charge in [-0.2, -0.15) is 5.10 Å². The fourth-order valence-corrected chi connectivity index (χ4v) is 3.86. The Labute approximate surface area is 165 Å². The van der Waals surface area contributed by atoms with Gasteiger partial charge in [0.2, 0.25) is 11.7 Å². The molecule has 3 rings (SSSR count). The minimum atomic E-state index is 0.0386. The molecule has 2 N–H and O–H groups in total. The lowest BCUT2D eigenvalue weighted by atomic mass is 10.0. The Morgan fingerprint density at radius 2 is 1.79 bits per heavy atom. The average Bonchev–Trinajstić information content (AvgIpc) is 3.36. The highest BCUT2D eigenvalue weighted by molar-refractivity contribution is 5.96. The third kappa shape index (κ3) is 4.08. The normalized spacial score (nSPS) is 14.1. The quantitative estimate of drug-likeness (QED) is 0.710. The van der Waals surface area contributed by atoms with Gasteiger partial charge in [-0.05, 0) is 37.3 Å². The standard InChI is InChI=1S/C21H29N3O4/c1-5-15-20(22-18(25)10-13-8-6-7-9-13)19(24-23-15)14-11-16(26-2)21(28-4)17(12-14)27-3/h11-13H,5-10H2,1-4H3,(H,22,25)(H,23,24). The summed E-state index contributed by atoms with van der Waals surface area (Å²) >= 11 is 0. The van der Waals surface area contributed by atoms with Gasteiger partial charge in [0.25, 0.3) is 0 Å². The first-order chi connectivity index (χ1) is 13.6. The first kappa shape index (κ1) is 20.0. The van der Waals surface area contributed by atoms with Crippen LogP contribution in [0.3, 0.4) is 0 Å². The molecule has 7 nitrogen and oxygen atoms in total. The number of benzene rings is 1. The maximum atomic E-state index is 12.6. The molecule has 28 heavy (non-hydrogen) atoms. The number of nitrogens with one attached hydrogen (secondary N) is 2. The predicted octanol–water partition coefficient (Wildman–Crippen LogP) is 4.18. The third-order valence-electron chi connectivity index (χ3n) is 5.35. The molecule has 7 heteroatoms. The van der Waals surface area contributed by atoms with Crippen LogP contribution in [-0.2, 0) is 11.2 Å². The molecule has 0 aliphatic heterocycles. The van der Waals surface area contributed by atoms with Gasteiger partial charge < -0.3 is 19.5 Å². The van der Waals surface area contributed by atoms with Crippen molar-refractivity contribution >= 4 is 11.6 Å². The van der Waals surface area contributed by atoms with Crippen molar-refractivity contribution in [3.63, 3.8) is 0 Å². The van der Waals surface area contributed by atoms with Crippen molar-refractivity contribution in [1.29, 1.82) is 0 Å². The number of aromatic amines is 1. The average molecular weight is 387 g/mol. The fourth-order valence-electron chi connectivity index (χ4n) is 3.86. The Bertz CT molecular complexity index is 800. The van der Waals surface area contributed by atoms with E-state index in [1.165, 1.54) is 12.8 Å². The van der Waals surface area contributed by atoms with E-state index in [1.54, 1.807) is 21.3 Å². The Morgan fingerprint density at radius 1 is 1.14 bits per heavy atom. The number of aryl methyl sites for hydroxylation is 1. The summed E-state index contributed by atoms with van der Waals surface area (Å²) in [6.45, 7) is 2.03. The molecule has 1 amide bonds. The number of H-pyrrole nitrogens is 1. The summed E-state index contributed by atoms with van der Waals surface area (Å²) in [4.78, 5) is 12.6. The SMILES string of the molecule is CCc1[nH]nc(-c2cc(OC)c(OC)c(OC)c2)c1NC(=O)CC1CCCC1. The number of nitrogens with zero attached hydrogens (tertiary/aromatic N) is 1. The second-order valence-electron chi connectivity index (χ2n) is 7.10. The van der Waals surface area contributed by atoms with Gasteiger partial charge in [-0.25, -0.2) is 0 Å². The number of anilines is 1. The lowest BCUT2D eigenvalue weighted by molar-refractivity contribution is -0.117. The van der Waals surface area contributed by atoms with E-state index in [0.29, 0.717) is 35.3 Å². The van der Waals surface area contributed by atoms with Crippen LogP contribution in [0.1, 0.15) is 44.7 Å². The zero-order chi connectivity index (χ0) is 20.1. The van der Waals surface area contributed by atoms with E-state index in [1.807, 2.05) is 19.1 Å². The Balaban J connectivity index is 1.94. The number of carbonyl (C=O) groups is 1. The van der Waals surface area contributed by atoms with E-state index < -0.39 is 0 Å². The van der Waals surface area contributed by atoms with Crippen molar-refractivity contribution in [3.05, 3.63) is 17.8 Å². The Hall–Kier alpha value is -2.70. The van der Waals surface area contributed by atoms with Crippen LogP contribution in [0.5, 0.6) is 17.2 Å². The molecule has 1 fully saturated rings. The predicted molar refractivity (Wildman–Crippen MR) is 108 cm³/mol. The number of hydrogen-bond acceptors (Lipinski definition) is 5. The fraction of sp³-hybridized carbons (Fsp3) is 0.524. The maximum absolute atomic E-state index is 12.6. The van der Waals surface area contributed by atoms with Crippen LogP contribution < -0.4 is 19.5 Å². The van der Waals surface area contributed by atoms with Gasteiger partial charge in [0.05, 0.1) is 32.7 Å². The van der Waals surface area contributed by atoms with Crippen molar-refractivity contribution in [2.75, 3.05) is 26.6 Å². The van der Waals surface area contributed by atoms with Crippen LogP contribution in [0, 0.1) is 5.92 Å². The first-order valence-corrected chi connectivity index (χ1v) is 9.78. The number of carbonyl (C=O) groups excluding carboxylic acids is 1. The lowest BCUT2D eigenvalue weighted by Crippen LogP contribution is -2.16. The molecule has 0 radical (unpaired) electrons. The number of ether oxygens (including phenoxy) is 3. The molecule has 0 unspecified atom stereocenters. The molecule has 0 atom stereocenters. The second-order valence-corrected chi connectivity index (χ2v) is 7.10. The summed E-state index contributed by atoms with van der Waals surface area (Å²) in [5.74, 6) is 2.13. The van der Waals surface area contributed by atoms with E-state index in [2.05, 4.69) is 15.5 Å². The van der Waals surface area contributed by atoms with Crippen molar-refractivity contribution in [3.8, 4) is 28.5 Å². The third-order valence-corrected chi connectivity index (χ3v) is 5.35. The molecule has 1 heterocycles. The van der Waals surface area contributed by atoms with Gasteiger partial charge in [-0.1, -0.05) is 19.8 Å². The van der Waals surface area contributed by atoms with Crippen molar-refractivity contribution < 1.29 is 19.0 Å². The van der Waals surface area contributed by atoms with Gasteiger partial charge in [0.1, 0.15) is 5.69 Å². The van der Waals surface area contributed by atoms with Gasteiger partial charge in [0, 0.05) is 12.0 Å². The highest BCUT2D eigenvalue weighted by atomic mass is 16.5. The lowest BCUT2D eigenvalue weighted by Gasteiger charge is -2.15. The van der Waals surface area contributed by atoms with Crippen molar-refractivity contribution in [2.45, 2.75) is 45.4 Å². The zero-order valence-electron chi connectivity index (χ0n) is 17.1. The van der Waals surface area contributed by atoms with Crippen LogP contribution in [0.25, 0.3) is 11.3 Å². The molecule has 1 aromatic carbocycles. The summed E-state index contributed by atoms with van der Waals surface area (Å²) in [6.07, 6.45) is 6.01. The maximum Gasteiger partial charge on any atom is 0.224 e. The smallest absolute Gasteiger partial charge is 0.224 e. The van der Waals surface area contributed by atoms with E-state index in [-0.39, 0.29) is 5.91 Å². The van der Waals surface area contributed by atoms with Crippen LogP contribution in [0.4, 0.5) is 5.69 Å². The van der Waals surface area contributed by atoms with Crippen molar-refractivity contribution in [1.82, 2.24) is 10.2 Å². The number of amides is 1. The zero-order valence-corrected chi connectivity index (χ0v) is 17.1. The molecule has 1 saturated carbocycles. The van der Waals surface area contributed by atoms with E-state index in [9.17, 15) is 4.79 Å². The molecule has 0 saturated heterocycles. The molecule has 1 aliphatic rings. The van der Waals surface area contributed by atoms with Crippen LogP contribution >= 0.6 is 0 Å². The van der Waals surface area contributed by atoms with Gasteiger partial charge >= 0.3 is 0 Å². The molecular formula is C21H29N3O4. The molecule has 0 bridgehead atoms. The molecule has 2 aromatic rings. The molecule has 152 valence electrons. The van der Waals surface area contributed by atoms with E-state index in [0.717, 1.165) is 36.2 Å². The summed E-state index contributed by atoms with van der Waals surface area (Å²) in [7, 11) is 4.72. The molecule has 0 spiro atoms. The minimum absolute atomic E-state index is 0.0386. The monoisotopic (exact) mass is 387 g/mol. The van der Waals surface area contributed by atoms with E-state index in [4.69, 9.17) is 14.2 Å². The molecular weight excluding hydrogens is 358 g/mol.